The Morgan fingerprint density at radius 3 is 2.51 bits per heavy atom. The van der Waals surface area contributed by atoms with E-state index in [1.165, 1.54) is 17.8 Å². The molecule has 2 aromatic rings. The molecule has 212 valence electrons. The summed E-state index contributed by atoms with van der Waals surface area (Å²) in [6.07, 6.45) is -0.871. The lowest BCUT2D eigenvalue weighted by Gasteiger charge is -2.40. The largest absolute Gasteiger partial charge is 0.416 e. The molecule has 1 heterocycles. The molecule has 3 N–H and O–H groups in total. The van der Waals surface area contributed by atoms with Crippen LogP contribution in [0.15, 0.2) is 58.3 Å². The Morgan fingerprint density at radius 2 is 1.87 bits per heavy atom. The average molecular weight is 584 g/mol. The van der Waals surface area contributed by atoms with Crippen molar-refractivity contribution in [2.45, 2.75) is 66.2 Å². The number of hydrogen-bond acceptors (Lipinski definition) is 6. The first kappa shape index (κ1) is 29.4. The van der Waals surface area contributed by atoms with Crippen LogP contribution in [0.5, 0.6) is 0 Å². The van der Waals surface area contributed by atoms with Gasteiger partial charge in [-0.05, 0) is 87.2 Å². The molecule has 0 bridgehead atoms. The highest BCUT2D eigenvalue weighted by atomic mass is 32.2. The third-order valence-corrected chi connectivity index (χ3v) is 10.3. The molecule has 2 fully saturated rings. The Labute approximate surface area is 230 Å². The summed E-state index contributed by atoms with van der Waals surface area (Å²) in [6, 6.07) is 10.1. The first-order valence-corrected chi connectivity index (χ1v) is 15.5. The molecule has 2 aliphatic rings. The minimum absolute atomic E-state index is 0.166. The molecule has 1 saturated carbocycles. The summed E-state index contributed by atoms with van der Waals surface area (Å²) >= 11 is 1.51. The van der Waals surface area contributed by atoms with Gasteiger partial charge in [0.15, 0.2) is 9.84 Å². The first-order valence-electron chi connectivity index (χ1n) is 12.7. The molecule has 12 heteroatoms. The van der Waals surface area contributed by atoms with Gasteiger partial charge >= 0.3 is 6.18 Å². The van der Waals surface area contributed by atoms with E-state index in [0.29, 0.717) is 19.3 Å². The van der Waals surface area contributed by atoms with Gasteiger partial charge in [-0.2, -0.15) is 13.2 Å². The summed E-state index contributed by atoms with van der Waals surface area (Å²) < 4.78 is 65.9. The van der Waals surface area contributed by atoms with Crippen LogP contribution in [0.4, 0.5) is 13.2 Å². The number of carbonyl (C=O) groups excluding carboxylic acids is 2. The normalized spacial score (nSPS) is 26.1. The van der Waals surface area contributed by atoms with Crippen molar-refractivity contribution in [3.63, 3.8) is 0 Å². The summed E-state index contributed by atoms with van der Waals surface area (Å²) in [5.74, 6) is -1.72. The topological polar surface area (TPSA) is 110 Å². The average Bonchev–Trinajstić information content (AvgIpc) is 3.17. The van der Waals surface area contributed by atoms with Gasteiger partial charge in [0.2, 0.25) is 5.91 Å². The number of rotatable bonds is 7. The lowest BCUT2D eigenvalue weighted by atomic mass is 9.82. The molecule has 0 radical (unpaired) electrons. The fraction of sp³-hybridized carbons (Fsp3) is 0.481. The van der Waals surface area contributed by atoms with E-state index in [2.05, 4.69) is 5.32 Å². The molecule has 1 aliphatic carbocycles. The Kier molecular flexibility index (Phi) is 8.39. The molecule has 39 heavy (non-hydrogen) atoms. The van der Waals surface area contributed by atoms with Gasteiger partial charge in [0.25, 0.3) is 5.91 Å². The number of alkyl halides is 3. The maximum absolute atomic E-state index is 13.6. The van der Waals surface area contributed by atoms with E-state index in [9.17, 15) is 31.2 Å². The van der Waals surface area contributed by atoms with E-state index in [1.807, 2.05) is 6.26 Å². The third kappa shape index (κ3) is 6.44. The first-order chi connectivity index (χ1) is 18.2. The standard InChI is InChI=1S/C27H32F3N3O4S2/c1-26(32-24(34)17-4-3-5-19(14-17)27(28,29)30)12-13-33(25(26)35)23-11-6-20(31)15-18(23)16-39(36,37)22-9-7-21(38-2)8-10-22/h3-5,7-10,14,18,20,23H,6,11-13,15-16,31H2,1-2H3,(H,32,34)/t18-,20+,23-,26-/m0/s1. The lowest BCUT2D eigenvalue weighted by molar-refractivity contribution is -0.138. The quantitative estimate of drug-likeness (QED) is 0.475. The van der Waals surface area contributed by atoms with Gasteiger partial charge in [-0.25, -0.2) is 8.42 Å². The zero-order valence-electron chi connectivity index (χ0n) is 21.7. The van der Waals surface area contributed by atoms with E-state index in [1.54, 1.807) is 36.1 Å². The number of amides is 2. The zero-order chi connectivity index (χ0) is 28.6. The number of sulfone groups is 1. The van der Waals surface area contributed by atoms with Gasteiger partial charge in [0.1, 0.15) is 5.54 Å². The molecule has 2 amide bonds. The number of likely N-dealkylation sites (tertiary alicyclic amines) is 1. The van der Waals surface area contributed by atoms with Gasteiger partial charge in [-0.3, -0.25) is 9.59 Å². The second-order valence-corrected chi connectivity index (χ2v) is 13.4. The van der Waals surface area contributed by atoms with Crippen molar-refractivity contribution in [2.75, 3.05) is 18.6 Å². The molecular formula is C27H32F3N3O4S2. The lowest BCUT2D eigenvalue weighted by Crippen LogP contribution is -2.56. The van der Waals surface area contributed by atoms with Crippen molar-refractivity contribution < 1.29 is 31.2 Å². The zero-order valence-corrected chi connectivity index (χ0v) is 23.3. The van der Waals surface area contributed by atoms with E-state index in [0.717, 1.165) is 23.1 Å². The highest BCUT2D eigenvalue weighted by Gasteiger charge is 2.49. The molecule has 1 saturated heterocycles. The Bertz CT molecular complexity index is 1330. The summed E-state index contributed by atoms with van der Waals surface area (Å²) in [5.41, 5.74) is 3.72. The third-order valence-electron chi connectivity index (χ3n) is 7.66. The number of halogens is 3. The predicted molar refractivity (Wildman–Crippen MR) is 143 cm³/mol. The maximum Gasteiger partial charge on any atom is 0.416 e. The SMILES string of the molecule is CSc1ccc(S(=O)(=O)C[C@@H]2C[C@H](N)CC[C@@H]2N2CC[C@](C)(NC(=O)c3cccc(C(F)(F)F)c3)C2=O)cc1. The second-order valence-electron chi connectivity index (χ2n) is 10.5. The van der Waals surface area contributed by atoms with E-state index in [4.69, 9.17) is 5.73 Å². The van der Waals surface area contributed by atoms with E-state index >= 15 is 0 Å². The van der Waals surface area contributed by atoms with Crippen LogP contribution in [0.3, 0.4) is 0 Å². The second kappa shape index (κ2) is 11.1. The smallest absolute Gasteiger partial charge is 0.338 e. The summed E-state index contributed by atoms with van der Waals surface area (Å²) in [7, 11) is -3.65. The van der Waals surface area contributed by atoms with Crippen molar-refractivity contribution >= 4 is 33.4 Å². The number of benzene rings is 2. The molecule has 4 rings (SSSR count). The minimum atomic E-state index is -4.60. The van der Waals surface area contributed by atoms with Crippen molar-refractivity contribution in [3.8, 4) is 0 Å². The van der Waals surface area contributed by atoms with Crippen LogP contribution in [0.1, 0.15) is 48.5 Å². The summed E-state index contributed by atoms with van der Waals surface area (Å²) in [6.45, 7) is 1.84. The van der Waals surface area contributed by atoms with Crippen LogP contribution < -0.4 is 11.1 Å². The molecule has 2 aromatic carbocycles. The molecule has 0 spiro atoms. The number of carbonyl (C=O) groups is 2. The van der Waals surface area contributed by atoms with Crippen molar-refractivity contribution in [2.24, 2.45) is 11.7 Å². The predicted octanol–water partition coefficient (Wildman–Crippen LogP) is 4.12. The Hall–Kier alpha value is -2.57. The number of hydrogen-bond donors (Lipinski definition) is 2. The molecular weight excluding hydrogens is 551 g/mol. The van der Waals surface area contributed by atoms with Crippen LogP contribution in [-0.4, -0.2) is 61.3 Å². The van der Waals surface area contributed by atoms with Gasteiger partial charge in [-0.1, -0.05) is 6.07 Å². The van der Waals surface area contributed by atoms with Gasteiger partial charge in [-0.15, -0.1) is 11.8 Å². The van der Waals surface area contributed by atoms with E-state index in [-0.39, 0.29) is 47.2 Å². The summed E-state index contributed by atoms with van der Waals surface area (Å²) in [4.78, 5) is 29.2. The summed E-state index contributed by atoms with van der Waals surface area (Å²) in [5, 5.41) is 2.64. The van der Waals surface area contributed by atoms with Gasteiger partial charge in [0.05, 0.1) is 16.2 Å². The highest BCUT2D eigenvalue weighted by Crippen LogP contribution is 2.36. The van der Waals surface area contributed by atoms with Crippen molar-refractivity contribution in [1.29, 1.82) is 0 Å². The van der Waals surface area contributed by atoms with Crippen molar-refractivity contribution in [3.05, 3.63) is 59.7 Å². The van der Waals surface area contributed by atoms with Crippen LogP contribution in [0.2, 0.25) is 0 Å². The molecule has 1 aliphatic heterocycles. The monoisotopic (exact) mass is 583 g/mol. The minimum Gasteiger partial charge on any atom is -0.338 e. The van der Waals surface area contributed by atoms with E-state index < -0.39 is 38.9 Å². The van der Waals surface area contributed by atoms with Crippen molar-refractivity contribution in [1.82, 2.24) is 10.2 Å². The number of nitrogens with two attached hydrogens (primary N) is 1. The number of nitrogens with zero attached hydrogens (tertiary/aromatic N) is 1. The molecule has 0 unspecified atom stereocenters. The van der Waals surface area contributed by atoms with Gasteiger partial charge in [0, 0.05) is 29.1 Å². The Morgan fingerprint density at radius 1 is 1.18 bits per heavy atom. The number of thioether (sulfide) groups is 1. The fourth-order valence-electron chi connectivity index (χ4n) is 5.50. The highest BCUT2D eigenvalue weighted by molar-refractivity contribution is 7.98. The molecule has 4 atom stereocenters. The molecule has 0 aromatic heterocycles. The molecule has 7 nitrogen and oxygen atoms in total. The number of nitrogens with one attached hydrogen (secondary N) is 1. The fourth-order valence-corrected chi connectivity index (χ4v) is 7.57. The van der Waals surface area contributed by atoms with Crippen LogP contribution in [-0.2, 0) is 20.8 Å². The Balaban J connectivity index is 1.51. The van der Waals surface area contributed by atoms with Crippen LogP contribution in [0.25, 0.3) is 0 Å². The maximum atomic E-state index is 13.6. The van der Waals surface area contributed by atoms with Crippen LogP contribution >= 0.6 is 11.8 Å². The van der Waals surface area contributed by atoms with Gasteiger partial charge < -0.3 is 16.0 Å². The van der Waals surface area contributed by atoms with Crippen LogP contribution in [0, 0.1) is 5.92 Å².